The molecule has 0 atom stereocenters. The zero-order valence-electron chi connectivity index (χ0n) is 10.1. The summed E-state index contributed by atoms with van der Waals surface area (Å²) in [7, 11) is 1.49. The van der Waals surface area contributed by atoms with Gasteiger partial charge in [-0.3, -0.25) is 0 Å². The van der Waals surface area contributed by atoms with Crippen LogP contribution in [0, 0.1) is 11.3 Å². The molecule has 1 aromatic rings. The molecule has 0 fully saturated rings. The van der Waals surface area contributed by atoms with Gasteiger partial charge in [0.25, 0.3) is 0 Å². The van der Waals surface area contributed by atoms with E-state index in [0.717, 1.165) is 0 Å². The number of hydrogen-bond donors (Lipinski definition) is 1. The molecule has 5 nitrogen and oxygen atoms in total. The number of carboxylic acid groups (broad SMARTS) is 1. The van der Waals surface area contributed by atoms with Crippen LogP contribution in [0.15, 0.2) is 23.8 Å². The molecule has 5 heteroatoms. The van der Waals surface area contributed by atoms with E-state index in [9.17, 15) is 4.79 Å². The Kier molecular flexibility index (Phi) is 4.76. The number of hydrogen-bond acceptors (Lipinski definition) is 4. The molecule has 0 aliphatic carbocycles. The molecule has 0 bridgehead atoms. The summed E-state index contributed by atoms with van der Waals surface area (Å²) in [5.41, 5.74) is 0.232. The third-order valence-corrected chi connectivity index (χ3v) is 2.15. The first-order chi connectivity index (χ1) is 8.62. The Morgan fingerprint density at radius 2 is 2.22 bits per heavy atom. The van der Waals surface area contributed by atoms with Gasteiger partial charge in [-0.25, -0.2) is 4.79 Å². The smallest absolute Gasteiger partial charge is 0.346 e. The maximum absolute atomic E-state index is 10.7. The average molecular weight is 247 g/mol. The van der Waals surface area contributed by atoms with Gasteiger partial charge in [0, 0.05) is 0 Å². The monoisotopic (exact) mass is 247 g/mol. The van der Waals surface area contributed by atoms with Crippen LogP contribution < -0.4 is 9.47 Å². The lowest BCUT2D eigenvalue weighted by Gasteiger charge is -2.09. The number of carboxylic acids is 1. The van der Waals surface area contributed by atoms with Crippen LogP contribution in [-0.2, 0) is 4.79 Å². The number of methoxy groups -OCH3 is 1. The van der Waals surface area contributed by atoms with E-state index >= 15 is 0 Å². The molecule has 1 rings (SSSR count). The number of aliphatic carboxylic acids is 1. The van der Waals surface area contributed by atoms with E-state index in [0.29, 0.717) is 23.7 Å². The Morgan fingerprint density at radius 3 is 2.72 bits per heavy atom. The largest absolute Gasteiger partial charge is 0.493 e. The van der Waals surface area contributed by atoms with Gasteiger partial charge in [0.1, 0.15) is 11.6 Å². The number of ether oxygens (including phenoxy) is 2. The van der Waals surface area contributed by atoms with Gasteiger partial charge in [-0.15, -0.1) is 0 Å². The van der Waals surface area contributed by atoms with Gasteiger partial charge in [-0.2, -0.15) is 5.26 Å². The Bertz CT molecular complexity index is 514. The lowest BCUT2D eigenvalue weighted by Crippen LogP contribution is -1.98. The first-order valence-corrected chi connectivity index (χ1v) is 5.28. The van der Waals surface area contributed by atoms with Crippen molar-refractivity contribution in [3.63, 3.8) is 0 Å². The van der Waals surface area contributed by atoms with Crippen molar-refractivity contribution in [2.24, 2.45) is 0 Å². The van der Waals surface area contributed by atoms with Gasteiger partial charge in [-0.05, 0) is 30.7 Å². The third-order valence-electron chi connectivity index (χ3n) is 2.15. The summed E-state index contributed by atoms with van der Waals surface area (Å²) in [6.07, 6.45) is 1.28. The Labute approximate surface area is 105 Å². The first kappa shape index (κ1) is 13.6. The highest BCUT2D eigenvalue weighted by Crippen LogP contribution is 2.28. The second kappa shape index (κ2) is 6.30. The molecule has 94 valence electrons. The van der Waals surface area contributed by atoms with Crippen LogP contribution in [0.5, 0.6) is 11.5 Å². The van der Waals surface area contributed by atoms with Crippen LogP contribution in [0.3, 0.4) is 0 Å². The molecular weight excluding hydrogens is 234 g/mol. The minimum Gasteiger partial charge on any atom is -0.493 e. The maximum Gasteiger partial charge on any atom is 0.346 e. The molecule has 18 heavy (non-hydrogen) atoms. The highest BCUT2D eigenvalue weighted by Gasteiger charge is 2.08. The van der Waals surface area contributed by atoms with Gasteiger partial charge in [-0.1, -0.05) is 6.07 Å². The molecule has 0 unspecified atom stereocenters. The molecule has 1 N–H and O–H groups in total. The third kappa shape index (κ3) is 3.25. The zero-order valence-corrected chi connectivity index (χ0v) is 10.1. The van der Waals surface area contributed by atoms with E-state index in [1.165, 1.54) is 13.2 Å². The number of nitrogens with zero attached hydrogens (tertiary/aromatic N) is 1. The molecule has 0 saturated carbocycles. The second-order valence-corrected chi connectivity index (χ2v) is 3.32. The van der Waals surface area contributed by atoms with Gasteiger partial charge in [0.05, 0.1) is 13.7 Å². The summed E-state index contributed by atoms with van der Waals surface area (Å²) < 4.78 is 10.5. The lowest BCUT2D eigenvalue weighted by molar-refractivity contribution is -0.132. The van der Waals surface area contributed by atoms with Crippen LogP contribution in [0.25, 0.3) is 6.08 Å². The fourth-order valence-corrected chi connectivity index (χ4v) is 1.36. The van der Waals surface area contributed by atoms with Crippen LogP contribution in [0.2, 0.25) is 0 Å². The molecule has 1 aromatic carbocycles. The van der Waals surface area contributed by atoms with Crippen LogP contribution >= 0.6 is 0 Å². The van der Waals surface area contributed by atoms with E-state index in [2.05, 4.69) is 0 Å². The standard InChI is InChI=1S/C13H13NO4/c1-3-18-11-5-4-9(7-12(11)17-2)6-10(8-14)13(15)16/h4-7H,3H2,1-2H3,(H,15,16)/b10-6+. The molecule has 0 aromatic heterocycles. The van der Waals surface area contributed by atoms with E-state index in [4.69, 9.17) is 19.8 Å². The summed E-state index contributed by atoms with van der Waals surface area (Å²) >= 11 is 0. The van der Waals surface area contributed by atoms with E-state index < -0.39 is 5.97 Å². The van der Waals surface area contributed by atoms with Crippen molar-refractivity contribution in [1.29, 1.82) is 5.26 Å². The van der Waals surface area contributed by atoms with Crippen molar-refractivity contribution in [3.8, 4) is 17.6 Å². The minimum atomic E-state index is -1.26. The van der Waals surface area contributed by atoms with Crippen molar-refractivity contribution in [2.75, 3.05) is 13.7 Å². The second-order valence-electron chi connectivity index (χ2n) is 3.32. The molecule has 0 aliphatic rings. The Morgan fingerprint density at radius 1 is 1.50 bits per heavy atom. The maximum atomic E-state index is 10.7. The number of carbonyl (C=O) groups is 1. The Hall–Kier alpha value is -2.48. The lowest BCUT2D eigenvalue weighted by atomic mass is 10.1. The molecule has 0 heterocycles. The number of benzene rings is 1. The van der Waals surface area contributed by atoms with Crippen molar-refractivity contribution in [2.45, 2.75) is 6.92 Å². The van der Waals surface area contributed by atoms with Crippen LogP contribution in [0.1, 0.15) is 12.5 Å². The zero-order chi connectivity index (χ0) is 13.5. The first-order valence-electron chi connectivity index (χ1n) is 5.28. The molecular formula is C13H13NO4. The Balaban J connectivity index is 3.13. The quantitative estimate of drug-likeness (QED) is 0.636. The van der Waals surface area contributed by atoms with Crippen LogP contribution in [0.4, 0.5) is 0 Å². The normalized spacial score (nSPS) is 10.6. The van der Waals surface area contributed by atoms with E-state index in [1.807, 2.05) is 6.92 Å². The van der Waals surface area contributed by atoms with E-state index in [1.54, 1.807) is 24.3 Å². The number of nitriles is 1. The fourth-order valence-electron chi connectivity index (χ4n) is 1.36. The summed E-state index contributed by atoms with van der Waals surface area (Å²) in [5, 5.41) is 17.4. The SMILES string of the molecule is CCOc1ccc(/C=C(\C#N)C(=O)O)cc1OC. The molecule has 0 radical (unpaired) electrons. The predicted octanol–water partition coefficient (Wildman–Crippen LogP) is 2.09. The predicted molar refractivity (Wildman–Crippen MR) is 65.4 cm³/mol. The van der Waals surface area contributed by atoms with E-state index in [-0.39, 0.29) is 5.57 Å². The minimum absolute atomic E-state index is 0.332. The fraction of sp³-hybridized carbons (Fsp3) is 0.231. The number of rotatable bonds is 5. The molecule has 0 spiro atoms. The van der Waals surface area contributed by atoms with Crippen LogP contribution in [-0.4, -0.2) is 24.8 Å². The molecule has 0 amide bonds. The average Bonchev–Trinajstić information content (AvgIpc) is 2.37. The van der Waals surface area contributed by atoms with Gasteiger partial charge < -0.3 is 14.6 Å². The van der Waals surface area contributed by atoms with Crippen molar-refractivity contribution >= 4 is 12.0 Å². The highest BCUT2D eigenvalue weighted by molar-refractivity contribution is 5.96. The topological polar surface area (TPSA) is 79.5 Å². The van der Waals surface area contributed by atoms with Gasteiger partial charge in [0.15, 0.2) is 11.5 Å². The molecule has 0 saturated heterocycles. The summed E-state index contributed by atoms with van der Waals surface area (Å²) in [6.45, 7) is 2.36. The summed E-state index contributed by atoms with van der Waals surface area (Å²) in [5.74, 6) is -0.190. The van der Waals surface area contributed by atoms with Gasteiger partial charge >= 0.3 is 5.97 Å². The van der Waals surface area contributed by atoms with Gasteiger partial charge in [0.2, 0.25) is 0 Å². The van der Waals surface area contributed by atoms with Crippen molar-refractivity contribution in [3.05, 3.63) is 29.3 Å². The summed E-state index contributed by atoms with van der Waals surface area (Å²) in [6, 6.07) is 6.57. The highest BCUT2D eigenvalue weighted by atomic mass is 16.5. The summed E-state index contributed by atoms with van der Waals surface area (Å²) in [4.78, 5) is 10.7. The molecule has 0 aliphatic heterocycles. The van der Waals surface area contributed by atoms with Crippen molar-refractivity contribution < 1.29 is 19.4 Å². The van der Waals surface area contributed by atoms with Crippen molar-refractivity contribution in [1.82, 2.24) is 0 Å².